The third kappa shape index (κ3) is 2.35. The van der Waals surface area contributed by atoms with Gasteiger partial charge in [-0.15, -0.1) is 0 Å². The van der Waals surface area contributed by atoms with Crippen molar-refractivity contribution >= 4 is 5.69 Å². The summed E-state index contributed by atoms with van der Waals surface area (Å²) in [7, 11) is 1.63. The normalized spacial score (nSPS) is 20.2. The van der Waals surface area contributed by atoms with Gasteiger partial charge >= 0.3 is 0 Å². The number of hydrogen-bond acceptors (Lipinski definition) is 3. The van der Waals surface area contributed by atoms with Gasteiger partial charge in [0.05, 0.1) is 12.7 Å². The highest BCUT2D eigenvalue weighted by molar-refractivity contribution is 5.66. The lowest BCUT2D eigenvalue weighted by atomic mass is 9.79. The Kier molecular flexibility index (Phi) is 3.94. The number of rotatable bonds is 3. The van der Waals surface area contributed by atoms with Crippen LogP contribution in [0.2, 0.25) is 0 Å². The Morgan fingerprint density at radius 2 is 2.15 bits per heavy atom. The molecular weight excluding hydrogens is 248 g/mol. The topological polar surface area (TPSA) is 36.3 Å². The molecule has 0 bridgehead atoms. The minimum atomic E-state index is 0.140. The van der Waals surface area contributed by atoms with Crippen LogP contribution in [0.5, 0.6) is 5.75 Å². The Hall–Kier alpha value is -1.69. The van der Waals surface area contributed by atoms with Crippen molar-refractivity contribution in [2.45, 2.75) is 52.0 Å². The zero-order chi connectivity index (χ0) is 14.9. The fourth-order valence-corrected chi connectivity index (χ4v) is 3.41. The van der Waals surface area contributed by atoms with Crippen LogP contribution in [0.1, 0.15) is 57.6 Å². The van der Waals surface area contributed by atoms with Crippen LogP contribution in [0.15, 0.2) is 12.1 Å². The maximum Gasteiger partial charge on any atom is 0.138 e. The van der Waals surface area contributed by atoms with Crippen LogP contribution in [-0.2, 0) is 0 Å². The van der Waals surface area contributed by atoms with Gasteiger partial charge in [-0.05, 0) is 44.2 Å². The van der Waals surface area contributed by atoms with Crippen molar-refractivity contribution < 1.29 is 4.74 Å². The average molecular weight is 272 g/mol. The smallest absolute Gasteiger partial charge is 0.138 e. The van der Waals surface area contributed by atoms with Gasteiger partial charge in [0.25, 0.3) is 0 Å². The minimum absolute atomic E-state index is 0.140. The van der Waals surface area contributed by atoms with E-state index in [2.05, 4.69) is 38.7 Å². The molecule has 1 heterocycles. The van der Waals surface area contributed by atoms with E-state index in [9.17, 15) is 5.26 Å². The van der Waals surface area contributed by atoms with Crippen LogP contribution in [0.25, 0.3) is 0 Å². The first-order chi connectivity index (χ1) is 9.44. The van der Waals surface area contributed by atoms with Crippen LogP contribution < -0.4 is 9.64 Å². The summed E-state index contributed by atoms with van der Waals surface area (Å²) in [6.45, 7) is 10.1. The predicted molar refractivity (Wildman–Crippen MR) is 82.5 cm³/mol. The molecule has 3 nitrogen and oxygen atoms in total. The highest BCUT2D eigenvalue weighted by Gasteiger charge is 2.36. The summed E-state index contributed by atoms with van der Waals surface area (Å²) in [5.74, 6) is 1.14. The van der Waals surface area contributed by atoms with Crippen LogP contribution in [0.3, 0.4) is 0 Å². The number of nitriles is 1. The zero-order valence-corrected chi connectivity index (χ0v) is 13.2. The fourth-order valence-electron chi connectivity index (χ4n) is 3.41. The van der Waals surface area contributed by atoms with Crippen molar-refractivity contribution in [1.29, 1.82) is 5.26 Å². The highest BCUT2D eigenvalue weighted by Crippen LogP contribution is 2.45. The van der Waals surface area contributed by atoms with Crippen LogP contribution in [0, 0.1) is 11.3 Å². The third-order valence-electron chi connectivity index (χ3n) is 4.27. The summed E-state index contributed by atoms with van der Waals surface area (Å²) in [5.41, 5.74) is 3.28. The van der Waals surface area contributed by atoms with Crippen molar-refractivity contribution in [3.05, 3.63) is 23.3 Å². The van der Waals surface area contributed by atoms with Gasteiger partial charge in [-0.25, -0.2) is 0 Å². The number of hydrogen-bond donors (Lipinski definition) is 0. The van der Waals surface area contributed by atoms with E-state index in [0.29, 0.717) is 17.2 Å². The Labute approximate surface area is 122 Å². The van der Waals surface area contributed by atoms with E-state index in [0.717, 1.165) is 19.4 Å². The molecule has 0 radical (unpaired) electrons. The molecule has 0 fully saturated rings. The molecule has 20 heavy (non-hydrogen) atoms. The highest BCUT2D eigenvalue weighted by atomic mass is 16.5. The van der Waals surface area contributed by atoms with Crippen molar-refractivity contribution in [3.8, 4) is 11.8 Å². The molecule has 108 valence electrons. The Morgan fingerprint density at radius 3 is 2.70 bits per heavy atom. The van der Waals surface area contributed by atoms with Crippen molar-refractivity contribution in [1.82, 2.24) is 0 Å². The molecule has 1 aliphatic rings. The Bertz CT molecular complexity index is 543. The van der Waals surface area contributed by atoms with Crippen LogP contribution >= 0.6 is 0 Å². The summed E-state index contributed by atoms with van der Waals surface area (Å²) < 4.78 is 5.38. The molecule has 1 unspecified atom stereocenters. The summed E-state index contributed by atoms with van der Waals surface area (Å²) in [6.07, 6.45) is 2.22. The Balaban J connectivity index is 2.61. The van der Waals surface area contributed by atoms with Gasteiger partial charge < -0.3 is 9.64 Å². The first kappa shape index (κ1) is 14.7. The molecule has 1 aromatic carbocycles. The number of fused-ring (bicyclic) bond motifs is 1. The third-order valence-corrected chi connectivity index (χ3v) is 4.27. The van der Waals surface area contributed by atoms with E-state index >= 15 is 0 Å². The number of methoxy groups -OCH3 is 1. The van der Waals surface area contributed by atoms with Gasteiger partial charge in [0.15, 0.2) is 0 Å². The van der Waals surface area contributed by atoms with Gasteiger partial charge in [-0.1, -0.05) is 13.8 Å². The average Bonchev–Trinajstić information content (AvgIpc) is 2.41. The summed E-state index contributed by atoms with van der Waals surface area (Å²) in [6, 6.07) is 6.29. The van der Waals surface area contributed by atoms with E-state index in [1.54, 1.807) is 7.11 Å². The second-order valence-corrected chi connectivity index (χ2v) is 6.29. The van der Waals surface area contributed by atoms with E-state index in [-0.39, 0.29) is 5.54 Å². The monoisotopic (exact) mass is 272 g/mol. The van der Waals surface area contributed by atoms with Gasteiger partial charge in [-0.2, -0.15) is 5.26 Å². The summed E-state index contributed by atoms with van der Waals surface area (Å²) in [4.78, 5) is 2.46. The second-order valence-electron chi connectivity index (χ2n) is 6.29. The second kappa shape index (κ2) is 5.36. The van der Waals surface area contributed by atoms with Crippen molar-refractivity contribution in [3.63, 3.8) is 0 Å². The lowest BCUT2D eigenvalue weighted by molar-refractivity contribution is 0.372. The van der Waals surface area contributed by atoms with Crippen molar-refractivity contribution in [2.75, 3.05) is 18.6 Å². The van der Waals surface area contributed by atoms with Gasteiger partial charge in [-0.3, -0.25) is 0 Å². The van der Waals surface area contributed by atoms with E-state index in [1.165, 1.54) is 11.3 Å². The van der Waals surface area contributed by atoms with Gasteiger partial charge in [0.1, 0.15) is 11.8 Å². The first-order valence-corrected chi connectivity index (χ1v) is 7.34. The van der Waals surface area contributed by atoms with Crippen LogP contribution in [-0.4, -0.2) is 19.2 Å². The summed E-state index contributed by atoms with van der Waals surface area (Å²) in [5, 5.41) is 9.27. The standard InChI is InChI=1S/C17H24N2O/c1-6-7-19-15-9-16(20-5)13(11-18)8-14(15)12(2)10-17(19,3)4/h8-9,12H,6-7,10H2,1-5H3. The molecule has 1 aliphatic heterocycles. The molecule has 0 spiro atoms. The molecule has 0 aliphatic carbocycles. The number of anilines is 1. The van der Waals surface area contributed by atoms with Gasteiger partial charge in [0.2, 0.25) is 0 Å². The maximum atomic E-state index is 9.27. The minimum Gasteiger partial charge on any atom is -0.495 e. The number of ether oxygens (including phenoxy) is 1. The molecule has 0 saturated carbocycles. The lowest BCUT2D eigenvalue weighted by Crippen LogP contribution is -2.48. The maximum absolute atomic E-state index is 9.27. The fraction of sp³-hybridized carbons (Fsp3) is 0.588. The predicted octanol–water partition coefficient (Wildman–Crippen LogP) is 4.07. The molecule has 0 amide bonds. The first-order valence-electron chi connectivity index (χ1n) is 7.34. The zero-order valence-electron chi connectivity index (χ0n) is 13.2. The van der Waals surface area contributed by atoms with Gasteiger partial charge in [0, 0.05) is 23.8 Å². The molecule has 0 saturated heterocycles. The largest absolute Gasteiger partial charge is 0.495 e. The SMILES string of the molecule is CCCN1c2cc(OC)c(C#N)cc2C(C)CC1(C)C. The molecule has 3 heteroatoms. The number of benzene rings is 1. The number of nitrogens with zero attached hydrogens (tertiary/aromatic N) is 2. The molecule has 0 N–H and O–H groups in total. The molecule has 2 rings (SSSR count). The van der Waals surface area contributed by atoms with E-state index in [4.69, 9.17) is 4.74 Å². The summed E-state index contributed by atoms with van der Waals surface area (Å²) >= 11 is 0. The van der Waals surface area contributed by atoms with E-state index in [1.807, 2.05) is 12.1 Å². The van der Waals surface area contributed by atoms with Crippen LogP contribution in [0.4, 0.5) is 5.69 Å². The molecule has 1 aromatic rings. The Morgan fingerprint density at radius 1 is 1.45 bits per heavy atom. The van der Waals surface area contributed by atoms with Crippen molar-refractivity contribution in [2.24, 2.45) is 0 Å². The molecule has 1 atom stereocenters. The lowest BCUT2D eigenvalue weighted by Gasteiger charge is -2.47. The molecular formula is C17H24N2O. The molecule has 0 aromatic heterocycles. The van der Waals surface area contributed by atoms with E-state index < -0.39 is 0 Å². The quantitative estimate of drug-likeness (QED) is 0.832.